The van der Waals surface area contributed by atoms with Crippen LogP contribution in [0.15, 0.2) is 6.07 Å². The molecule has 0 bridgehead atoms. The maximum absolute atomic E-state index is 10.6. The molecule has 0 aliphatic carbocycles. The minimum absolute atomic E-state index is 0.285. The van der Waals surface area contributed by atoms with Crippen molar-refractivity contribution < 1.29 is 9.53 Å². The molecule has 1 saturated heterocycles. The molecular weight excluding hydrogens is 192 g/mol. The van der Waals surface area contributed by atoms with Crippen LogP contribution < -0.4 is 0 Å². The number of carbonyl (C=O) groups is 1. The Labute approximate surface area is 89.2 Å². The minimum Gasteiger partial charge on any atom is -0.378 e. The summed E-state index contributed by atoms with van der Waals surface area (Å²) < 4.78 is 7.24. The largest absolute Gasteiger partial charge is 0.378 e. The van der Waals surface area contributed by atoms with Crippen LogP contribution in [0.2, 0.25) is 0 Å². The molecule has 1 aromatic rings. The summed E-state index contributed by atoms with van der Waals surface area (Å²) in [5.41, 5.74) is 1.58. The van der Waals surface area contributed by atoms with Crippen molar-refractivity contribution in [3.8, 4) is 0 Å². The summed E-state index contributed by atoms with van der Waals surface area (Å²) in [7, 11) is 1.79. The highest BCUT2D eigenvalue weighted by Crippen LogP contribution is 2.16. The van der Waals surface area contributed by atoms with Crippen LogP contribution in [-0.4, -0.2) is 28.8 Å². The lowest BCUT2D eigenvalue weighted by Gasteiger charge is -2.21. The Morgan fingerprint density at radius 2 is 2.53 bits per heavy atom. The molecule has 0 spiro atoms. The van der Waals surface area contributed by atoms with Crippen molar-refractivity contribution >= 4 is 6.29 Å². The summed E-state index contributed by atoms with van der Waals surface area (Å²) >= 11 is 0. The van der Waals surface area contributed by atoms with Crippen molar-refractivity contribution in [2.45, 2.75) is 31.8 Å². The average molecular weight is 208 g/mol. The van der Waals surface area contributed by atoms with E-state index in [1.807, 2.05) is 6.07 Å². The fraction of sp³-hybridized carbons (Fsp3) is 0.636. The fourth-order valence-electron chi connectivity index (χ4n) is 1.96. The average Bonchev–Trinajstić information content (AvgIpc) is 2.60. The van der Waals surface area contributed by atoms with Gasteiger partial charge in [0, 0.05) is 20.1 Å². The lowest BCUT2D eigenvalue weighted by atomic mass is 10.0. The molecule has 0 aromatic carbocycles. The Balaban J connectivity index is 2.00. The first kappa shape index (κ1) is 10.4. The van der Waals surface area contributed by atoms with E-state index in [0.717, 1.165) is 37.8 Å². The molecule has 0 saturated carbocycles. The van der Waals surface area contributed by atoms with Crippen LogP contribution in [0.5, 0.6) is 0 Å². The zero-order valence-corrected chi connectivity index (χ0v) is 8.98. The maximum Gasteiger partial charge on any atom is 0.168 e. The highest BCUT2D eigenvalue weighted by Gasteiger charge is 2.16. The molecule has 0 radical (unpaired) electrons. The van der Waals surface area contributed by atoms with Crippen LogP contribution in [0, 0.1) is 0 Å². The monoisotopic (exact) mass is 208 g/mol. The molecule has 1 atom stereocenters. The number of hydrogen-bond acceptors (Lipinski definition) is 3. The smallest absolute Gasteiger partial charge is 0.168 e. The number of nitrogens with zero attached hydrogens (tertiary/aromatic N) is 2. The van der Waals surface area contributed by atoms with Crippen LogP contribution >= 0.6 is 0 Å². The summed E-state index contributed by atoms with van der Waals surface area (Å²) in [4.78, 5) is 10.6. The third-order valence-electron chi connectivity index (χ3n) is 2.80. The second kappa shape index (κ2) is 4.57. The van der Waals surface area contributed by atoms with Crippen LogP contribution in [-0.2, 0) is 18.2 Å². The van der Waals surface area contributed by atoms with Gasteiger partial charge in [0.25, 0.3) is 0 Å². The SMILES string of the molecule is Cn1nc(CC2CCCCO2)cc1C=O. The topological polar surface area (TPSA) is 44.1 Å². The Morgan fingerprint density at radius 1 is 1.67 bits per heavy atom. The van der Waals surface area contributed by atoms with Crippen molar-refractivity contribution in [1.29, 1.82) is 0 Å². The minimum atomic E-state index is 0.285. The molecule has 4 nitrogen and oxygen atoms in total. The van der Waals surface area contributed by atoms with Crippen molar-refractivity contribution in [1.82, 2.24) is 9.78 Å². The van der Waals surface area contributed by atoms with Gasteiger partial charge in [-0.1, -0.05) is 0 Å². The van der Waals surface area contributed by atoms with Gasteiger partial charge in [-0.3, -0.25) is 9.48 Å². The summed E-state index contributed by atoms with van der Waals surface area (Å²) in [5, 5.41) is 4.28. The second-order valence-electron chi connectivity index (χ2n) is 3.99. The second-order valence-corrected chi connectivity index (χ2v) is 3.99. The molecule has 1 fully saturated rings. The molecule has 1 aliphatic heterocycles. The molecule has 1 aliphatic rings. The Bertz CT molecular complexity index is 340. The first-order valence-electron chi connectivity index (χ1n) is 5.39. The van der Waals surface area contributed by atoms with Gasteiger partial charge < -0.3 is 4.74 Å². The highest BCUT2D eigenvalue weighted by atomic mass is 16.5. The quantitative estimate of drug-likeness (QED) is 0.704. The fourth-order valence-corrected chi connectivity index (χ4v) is 1.96. The molecule has 0 amide bonds. The van der Waals surface area contributed by atoms with Gasteiger partial charge in [-0.2, -0.15) is 5.10 Å². The zero-order chi connectivity index (χ0) is 10.7. The van der Waals surface area contributed by atoms with Gasteiger partial charge >= 0.3 is 0 Å². The molecule has 2 heterocycles. The predicted octanol–water partition coefficient (Wildman–Crippen LogP) is 1.34. The van der Waals surface area contributed by atoms with Crippen LogP contribution in [0.1, 0.15) is 35.4 Å². The van der Waals surface area contributed by atoms with Crippen LogP contribution in [0.3, 0.4) is 0 Å². The van der Waals surface area contributed by atoms with E-state index in [9.17, 15) is 4.79 Å². The molecule has 0 N–H and O–H groups in total. The zero-order valence-electron chi connectivity index (χ0n) is 8.98. The Kier molecular flexibility index (Phi) is 3.16. The molecule has 1 aromatic heterocycles. The summed E-state index contributed by atoms with van der Waals surface area (Å²) in [6.45, 7) is 0.859. The van der Waals surface area contributed by atoms with E-state index in [0.29, 0.717) is 5.69 Å². The number of ether oxygens (including phenoxy) is 1. The lowest BCUT2D eigenvalue weighted by molar-refractivity contribution is 0.0162. The van der Waals surface area contributed by atoms with Crippen molar-refractivity contribution in [2.24, 2.45) is 7.05 Å². The number of aldehydes is 1. The third kappa shape index (κ3) is 2.45. The summed E-state index contributed by atoms with van der Waals surface area (Å²) in [6, 6.07) is 1.84. The van der Waals surface area contributed by atoms with Gasteiger partial charge in [-0.05, 0) is 25.3 Å². The Hall–Kier alpha value is -1.16. The van der Waals surface area contributed by atoms with E-state index in [4.69, 9.17) is 4.74 Å². The molecule has 15 heavy (non-hydrogen) atoms. The van der Waals surface area contributed by atoms with E-state index in [1.165, 1.54) is 6.42 Å². The van der Waals surface area contributed by atoms with Crippen molar-refractivity contribution in [3.63, 3.8) is 0 Å². The Morgan fingerprint density at radius 3 is 3.13 bits per heavy atom. The van der Waals surface area contributed by atoms with E-state index < -0.39 is 0 Å². The van der Waals surface area contributed by atoms with Crippen LogP contribution in [0.25, 0.3) is 0 Å². The molecule has 2 rings (SSSR count). The van der Waals surface area contributed by atoms with Gasteiger partial charge in [-0.15, -0.1) is 0 Å². The van der Waals surface area contributed by atoms with Crippen molar-refractivity contribution in [3.05, 3.63) is 17.5 Å². The normalized spacial score (nSPS) is 21.5. The van der Waals surface area contributed by atoms with E-state index in [2.05, 4.69) is 5.10 Å². The van der Waals surface area contributed by atoms with E-state index in [-0.39, 0.29) is 6.10 Å². The first-order valence-corrected chi connectivity index (χ1v) is 5.39. The number of aromatic nitrogens is 2. The third-order valence-corrected chi connectivity index (χ3v) is 2.80. The van der Waals surface area contributed by atoms with Gasteiger partial charge in [0.1, 0.15) is 5.69 Å². The first-order chi connectivity index (χ1) is 7.29. The van der Waals surface area contributed by atoms with Gasteiger partial charge in [0.05, 0.1) is 11.8 Å². The standard InChI is InChI=1S/C11H16N2O2/c1-13-10(8-14)6-9(12-13)7-11-4-2-3-5-15-11/h6,8,11H,2-5,7H2,1H3. The van der Waals surface area contributed by atoms with Gasteiger partial charge in [0.15, 0.2) is 6.29 Å². The maximum atomic E-state index is 10.6. The molecule has 1 unspecified atom stereocenters. The number of rotatable bonds is 3. The van der Waals surface area contributed by atoms with Crippen LogP contribution in [0.4, 0.5) is 0 Å². The summed E-state index contributed by atoms with van der Waals surface area (Å²) in [6.07, 6.45) is 5.44. The van der Waals surface area contributed by atoms with Gasteiger partial charge in [0.2, 0.25) is 0 Å². The van der Waals surface area contributed by atoms with Crippen molar-refractivity contribution in [2.75, 3.05) is 6.61 Å². The van der Waals surface area contributed by atoms with Gasteiger partial charge in [-0.25, -0.2) is 0 Å². The number of aryl methyl sites for hydroxylation is 1. The summed E-state index contributed by atoms with van der Waals surface area (Å²) in [5.74, 6) is 0. The molecule has 82 valence electrons. The molecule has 4 heteroatoms. The molecular formula is C11H16N2O2. The number of carbonyl (C=O) groups excluding carboxylic acids is 1. The number of hydrogen-bond donors (Lipinski definition) is 0. The van der Waals surface area contributed by atoms with E-state index in [1.54, 1.807) is 11.7 Å². The predicted molar refractivity (Wildman–Crippen MR) is 55.9 cm³/mol. The van der Waals surface area contributed by atoms with E-state index >= 15 is 0 Å². The highest BCUT2D eigenvalue weighted by molar-refractivity contribution is 5.72. The lowest BCUT2D eigenvalue weighted by Crippen LogP contribution is -2.21.